The quantitative estimate of drug-likeness (QED) is 0.818. The van der Waals surface area contributed by atoms with Crippen LogP contribution in [-0.4, -0.2) is 21.6 Å². The number of aryl methyl sites for hydroxylation is 2. The zero-order valence-electron chi connectivity index (χ0n) is 9.27. The zero-order valence-corrected chi connectivity index (χ0v) is 9.27. The first kappa shape index (κ1) is 10.8. The number of phenolic OH excluding ortho intramolecular Hbond substituents is 1. The van der Waals surface area contributed by atoms with Crippen molar-refractivity contribution in [2.24, 2.45) is 5.73 Å². The summed E-state index contributed by atoms with van der Waals surface area (Å²) in [5, 5.41) is 10.4. The van der Waals surface area contributed by atoms with Gasteiger partial charge in [-0.05, 0) is 44.5 Å². The molecule has 16 heavy (non-hydrogen) atoms. The second kappa shape index (κ2) is 4.45. The fraction of sp³-hybridized carbons (Fsp3) is 0.333. The van der Waals surface area contributed by atoms with Crippen LogP contribution >= 0.6 is 0 Å². The SMILES string of the molecule is Cc1nc(CCCN)c2cc(O)ccc2n1. The molecule has 0 saturated heterocycles. The van der Waals surface area contributed by atoms with Crippen molar-refractivity contribution in [2.75, 3.05) is 6.54 Å². The maximum Gasteiger partial charge on any atom is 0.126 e. The molecule has 0 bridgehead atoms. The standard InChI is InChI=1S/C12H15N3O/c1-8-14-11(3-2-6-13)10-7-9(16)4-5-12(10)15-8/h4-5,7,16H,2-3,6,13H2,1H3. The molecule has 0 radical (unpaired) electrons. The van der Waals surface area contributed by atoms with Crippen molar-refractivity contribution in [3.05, 3.63) is 29.7 Å². The van der Waals surface area contributed by atoms with E-state index in [9.17, 15) is 5.11 Å². The highest BCUT2D eigenvalue weighted by molar-refractivity contribution is 5.82. The molecule has 0 spiro atoms. The second-order valence-electron chi connectivity index (χ2n) is 3.81. The Morgan fingerprint density at radius 2 is 2.12 bits per heavy atom. The van der Waals surface area contributed by atoms with Crippen LogP contribution in [-0.2, 0) is 6.42 Å². The van der Waals surface area contributed by atoms with Crippen LogP contribution in [0.2, 0.25) is 0 Å². The molecule has 0 saturated carbocycles. The van der Waals surface area contributed by atoms with Gasteiger partial charge in [-0.15, -0.1) is 0 Å². The zero-order chi connectivity index (χ0) is 11.5. The van der Waals surface area contributed by atoms with Crippen LogP contribution in [0.1, 0.15) is 17.9 Å². The van der Waals surface area contributed by atoms with Gasteiger partial charge in [-0.3, -0.25) is 0 Å². The molecule has 0 unspecified atom stereocenters. The summed E-state index contributed by atoms with van der Waals surface area (Å²) < 4.78 is 0. The Morgan fingerprint density at radius 3 is 2.88 bits per heavy atom. The van der Waals surface area contributed by atoms with Gasteiger partial charge < -0.3 is 10.8 Å². The van der Waals surface area contributed by atoms with Crippen LogP contribution in [0.3, 0.4) is 0 Å². The van der Waals surface area contributed by atoms with E-state index in [2.05, 4.69) is 9.97 Å². The first-order valence-corrected chi connectivity index (χ1v) is 5.37. The molecule has 0 aliphatic carbocycles. The number of aromatic nitrogens is 2. The van der Waals surface area contributed by atoms with Crippen molar-refractivity contribution in [1.82, 2.24) is 9.97 Å². The predicted octanol–water partition coefficient (Wildman–Crippen LogP) is 1.54. The van der Waals surface area contributed by atoms with E-state index < -0.39 is 0 Å². The van der Waals surface area contributed by atoms with Gasteiger partial charge in [0.25, 0.3) is 0 Å². The van der Waals surface area contributed by atoms with E-state index in [0.717, 1.165) is 35.3 Å². The first-order valence-electron chi connectivity index (χ1n) is 5.37. The van der Waals surface area contributed by atoms with Crippen molar-refractivity contribution in [3.63, 3.8) is 0 Å². The van der Waals surface area contributed by atoms with E-state index in [1.807, 2.05) is 13.0 Å². The van der Waals surface area contributed by atoms with Crippen molar-refractivity contribution in [1.29, 1.82) is 0 Å². The molecule has 1 heterocycles. The summed E-state index contributed by atoms with van der Waals surface area (Å²) in [6.07, 6.45) is 1.71. The van der Waals surface area contributed by atoms with Crippen LogP contribution in [0.4, 0.5) is 0 Å². The third-order valence-corrected chi connectivity index (χ3v) is 2.49. The molecule has 4 heteroatoms. The molecule has 2 aromatic rings. The average molecular weight is 217 g/mol. The average Bonchev–Trinajstić information content (AvgIpc) is 2.26. The predicted molar refractivity (Wildman–Crippen MR) is 63.3 cm³/mol. The van der Waals surface area contributed by atoms with Gasteiger partial charge in [0.2, 0.25) is 0 Å². The molecule has 2 rings (SSSR count). The van der Waals surface area contributed by atoms with Gasteiger partial charge in [0.1, 0.15) is 11.6 Å². The Bertz CT molecular complexity index is 511. The highest BCUT2D eigenvalue weighted by Gasteiger charge is 2.06. The summed E-state index contributed by atoms with van der Waals surface area (Å²) in [5.41, 5.74) is 7.33. The monoisotopic (exact) mass is 217 g/mol. The lowest BCUT2D eigenvalue weighted by Gasteiger charge is -2.06. The van der Waals surface area contributed by atoms with Crippen LogP contribution in [0, 0.1) is 6.92 Å². The molecule has 84 valence electrons. The third-order valence-electron chi connectivity index (χ3n) is 2.49. The highest BCUT2D eigenvalue weighted by Crippen LogP contribution is 2.21. The molecule has 4 nitrogen and oxygen atoms in total. The van der Waals surface area contributed by atoms with Crippen LogP contribution in [0.5, 0.6) is 5.75 Å². The summed E-state index contributed by atoms with van der Waals surface area (Å²) in [6.45, 7) is 2.52. The second-order valence-corrected chi connectivity index (χ2v) is 3.81. The van der Waals surface area contributed by atoms with Gasteiger partial charge >= 0.3 is 0 Å². The number of rotatable bonds is 3. The number of fused-ring (bicyclic) bond motifs is 1. The Hall–Kier alpha value is -1.68. The van der Waals surface area contributed by atoms with Gasteiger partial charge in [-0.25, -0.2) is 9.97 Å². The minimum atomic E-state index is 0.244. The fourth-order valence-corrected chi connectivity index (χ4v) is 1.77. The Morgan fingerprint density at radius 1 is 1.31 bits per heavy atom. The largest absolute Gasteiger partial charge is 0.508 e. The molecule has 0 fully saturated rings. The molecule has 3 N–H and O–H groups in total. The molecule has 0 amide bonds. The van der Waals surface area contributed by atoms with Gasteiger partial charge in [0.05, 0.1) is 11.2 Å². The van der Waals surface area contributed by atoms with Crippen LogP contribution < -0.4 is 5.73 Å². The molecule has 0 aliphatic rings. The van der Waals surface area contributed by atoms with Crippen LogP contribution in [0.25, 0.3) is 10.9 Å². The third kappa shape index (κ3) is 2.12. The lowest BCUT2D eigenvalue weighted by molar-refractivity contribution is 0.476. The van der Waals surface area contributed by atoms with Gasteiger partial charge in [-0.2, -0.15) is 0 Å². The minimum absolute atomic E-state index is 0.244. The smallest absolute Gasteiger partial charge is 0.126 e. The number of hydrogen-bond acceptors (Lipinski definition) is 4. The number of nitrogens with zero attached hydrogens (tertiary/aromatic N) is 2. The summed E-state index contributed by atoms with van der Waals surface area (Å²) in [5.74, 6) is 0.999. The fourth-order valence-electron chi connectivity index (χ4n) is 1.77. The Kier molecular flexibility index (Phi) is 3.01. The first-order chi connectivity index (χ1) is 7.70. The number of nitrogens with two attached hydrogens (primary N) is 1. The van der Waals surface area contributed by atoms with E-state index >= 15 is 0 Å². The molecular weight excluding hydrogens is 202 g/mol. The lowest BCUT2D eigenvalue weighted by Crippen LogP contribution is -2.03. The topological polar surface area (TPSA) is 72.0 Å². The maximum atomic E-state index is 9.47. The van der Waals surface area contributed by atoms with Crippen molar-refractivity contribution >= 4 is 10.9 Å². The number of phenols is 1. The van der Waals surface area contributed by atoms with Crippen molar-refractivity contribution < 1.29 is 5.11 Å². The minimum Gasteiger partial charge on any atom is -0.508 e. The maximum absolute atomic E-state index is 9.47. The molecule has 0 atom stereocenters. The molecule has 0 aliphatic heterocycles. The highest BCUT2D eigenvalue weighted by atomic mass is 16.3. The van der Waals surface area contributed by atoms with Gasteiger partial charge in [0, 0.05) is 5.39 Å². The summed E-state index contributed by atoms with van der Waals surface area (Å²) >= 11 is 0. The van der Waals surface area contributed by atoms with E-state index in [1.165, 1.54) is 0 Å². The Labute approximate surface area is 94.1 Å². The van der Waals surface area contributed by atoms with E-state index in [4.69, 9.17) is 5.73 Å². The summed E-state index contributed by atoms with van der Waals surface area (Å²) in [4.78, 5) is 8.73. The Balaban J connectivity index is 2.55. The molecule has 1 aromatic carbocycles. The summed E-state index contributed by atoms with van der Waals surface area (Å²) in [6, 6.07) is 5.16. The van der Waals surface area contributed by atoms with E-state index in [0.29, 0.717) is 6.54 Å². The summed E-state index contributed by atoms with van der Waals surface area (Å²) in [7, 11) is 0. The lowest BCUT2D eigenvalue weighted by atomic mass is 10.1. The molecule has 1 aromatic heterocycles. The van der Waals surface area contributed by atoms with Crippen LogP contribution in [0.15, 0.2) is 18.2 Å². The normalized spacial score (nSPS) is 10.9. The molecular formula is C12H15N3O. The van der Waals surface area contributed by atoms with E-state index in [1.54, 1.807) is 12.1 Å². The van der Waals surface area contributed by atoms with Gasteiger partial charge in [0.15, 0.2) is 0 Å². The number of benzene rings is 1. The number of aromatic hydroxyl groups is 1. The van der Waals surface area contributed by atoms with Crippen molar-refractivity contribution in [2.45, 2.75) is 19.8 Å². The van der Waals surface area contributed by atoms with Gasteiger partial charge in [-0.1, -0.05) is 0 Å². The van der Waals surface area contributed by atoms with Crippen molar-refractivity contribution in [3.8, 4) is 5.75 Å². The van der Waals surface area contributed by atoms with E-state index in [-0.39, 0.29) is 5.75 Å². The number of hydrogen-bond donors (Lipinski definition) is 2.